The molecule has 0 fully saturated rings. The smallest absolute Gasteiger partial charge is 0.322 e. The summed E-state index contributed by atoms with van der Waals surface area (Å²) < 4.78 is 1.96. The summed E-state index contributed by atoms with van der Waals surface area (Å²) in [4.78, 5) is 35.2. The number of aromatic nitrogens is 4. The number of H-pyrrole nitrogens is 1. The van der Waals surface area contributed by atoms with Gasteiger partial charge in [0, 0.05) is 6.54 Å². The van der Waals surface area contributed by atoms with E-state index in [2.05, 4.69) is 66.1 Å². The Kier molecular flexibility index (Phi) is 5.48. The summed E-state index contributed by atoms with van der Waals surface area (Å²) in [5.41, 5.74) is 4.40. The Labute approximate surface area is 175 Å². The van der Waals surface area contributed by atoms with Crippen molar-refractivity contribution >= 4 is 11.0 Å². The maximum atomic E-state index is 12.4. The topological polar surface area (TPSA) is 80.6 Å². The Hall–Kier alpha value is -3.28. The zero-order chi connectivity index (χ0) is 21.3. The van der Waals surface area contributed by atoms with Crippen LogP contribution in [-0.4, -0.2) is 19.5 Å². The first-order chi connectivity index (χ1) is 14.5. The van der Waals surface area contributed by atoms with Gasteiger partial charge in [0.1, 0.15) is 0 Å². The molecule has 0 amide bonds. The number of hydrogen-bond donors (Lipinski definition) is 1. The molecule has 0 aliphatic carbocycles. The first-order valence-corrected chi connectivity index (χ1v) is 10.5. The standard InChI is InChI=1S/C24H26N4O2/c1-4-16(3)18-11-12-20-19(14-18)25-21-22(26-24(30)27-23(21)29)28(20)13-5-6-17-9-7-15(2)8-10-17/h7-12,14,16H,4-6,13H2,1-3H3,(H,27,29,30). The summed E-state index contributed by atoms with van der Waals surface area (Å²) in [5.74, 6) is 0.749. The van der Waals surface area contributed by atoms with Crippen LogP contribution in [0.3, 0.4) is 0 Å². The molecule has 0 saturated heterocycles. The fourth-order valence-electron chi connectivity index (χ4n) is 3.78. The highest BCUT2D eigenvalue weighted by atomic mass is 16.2. The third-order valence-electron chi connectivity index (χ3n) is 5.78. The molecule has 0 saturated carbocycles. The van der Waals surface area contributed by atoms with Gasteiger partial charge in [-0.15, -0.1) is 0 Å². The predicted octanol–water partition coefficient (Wildman–Crippen LogP) is 4.04. The Morgan fingerprint density at radius 2 is 1.83 bits per heavy atom. The van der Waals surface area contributed by atoms with E-state index in [9.17, 15) is 9.59 Å². The minimum absolute atomic E-state index is 0.207. The quantitative estimate of drug-likeness (QED) is 0.494. The number of fused-ring (bicyclic) bond motifs is 2. The molecule has 0 bridgehead atoms. The van der Waals surface area contributed by atoms with E-state index in [1.54, 1.807) is 0 Å². The van der Waals surface area contributed by atoms with Crippen LogP contribution in [-0.2, 0) is 13.0 Å². The SMILES string of the molecule is CCC(C)c1ccc2c(c1)nc1c(=O)[nH]c(=O)nc-1n2CCCc1ccc(C)cc1. The molecule has 0 spiro atoms. The summed E-state index contributed by atoms with van der Waals surface area (Å²) in [7, 11) is 0. The van der Waals surface area contributed by atoms with Gasteiger partial charge in [-0.2, -0.15) is 4.98 Å². The van der Waals surface area contributed by atoms with E-state index >= 15 is 0 Å². The van der Waals surface area contributed by atoms with Crippen LogP contribution in [0.4, 0.5) is 0 Å². The van der Waals surface area contributed by atoms with Gasteiger partial charge < -0.3 is 4.57 Å². The van der Waals surface area contributed by atoms with Crippen molar-refractivity contribution < 1.29 is 0 Å². The van der Waals surface area contributed by atoms with Gasteiger partial charge in [-0.25, -0.2) is 9.78 Å². The van der Waals surface area contributed by atoms with Crippen LogP contribution in [0.1, 0.15) is 49.3 Å². The van der Waals surface area contributed by atoms with Gasteiger partial charge in [0.25, 0.3) is 5.56 Å². The number of aryl methyl sites for hydroxylation is 3. The molecule has 154 valence electrons. The average molecular weight is 402 g/mol. The molecule has 2 aromatic carbocycles. The molecule has 2 heterocycles. The van der Waals surface area contributed by atoms with Crippen molar-refractivity contribution in [3.63, 3.8) is 0 Å². The van der Waals surface area contributed by atoms with Crippen LogP contribution in [0.2, 0.25) is 0 Å². The minimum atomic E-state index is -0.642. The maximum Gasteiger partial charge on any atom is 0.349 e. The summed E-state index contributed by atoms with van der Waals surface area (Å²) in [6.45, 7) is 7.04. The number of aromatic amines is 1. The molecule has 0 radical (unpaired) electrons. The van der Waals surface area contributed by atoms with Crippen molar-refractivity contribution in [2.24, 2.45) is 0 Å². The van der Waals surface area contributed by atoms with E-state index in [0.717, 1.165) is 30.3 Å². The zero-order valence-corrected chi connectivity index (χ0v) is 17.6. The summed E-state index contributed by atoms with van der Waals surface area (Å²) >= 11 is 0. The summed E-state index contributed by atoms with van der Waals surface area (Å²) in [5, 5.41) is 0. The molecule has 1 unspecified atom stereocenters. The Morgan fingerprint density at radius 3 is 2.57 bits per heavy atom. The second-order valence-electron chi connectivity index (χ2n) is 7.95. The van der Waals surface area contributed by atoms with Crippen molar-refractivity contribution in [1.29, 1.82) is 0 Å². The van der Waals surface area contributed by atoms with E-state index in [1.165, 1.54) is 16.7 Å². The predicted molar refractivity (Wildman–Crippen MR) is 119 cm³/mol. The van der Waals surface area contributed by atoms with Crippen molar-refractivity contribution in [2.75, 3.05) is 0 Å². The normalized spacial score (nSPS) is 12.5. The van der Waals surface area contributed by atoms with Crippen LogP contribution in [0, 0.1) is 6.92 Å². The number of nitrogens with zero attached hydrogens (tertiary/aromatic N) is 3. The van der Waals surface area contributed by atoms with Crippen LogP contribution >= 0.6 is 0 Å². The summed E-state index contributed by atoms with van der Waals surface area (Å²) in [6, 6.07) is 14.7. The summed E-state index contributed by atoms with van der Waals surface area (Å²) in [6.07, 6.45) is 2.78. The number of benzene rings is 2. The van der Waals surface area contributed by atoms with E-state index in [-0.39, 0.29) is 5.69 Å². The first kappa shape index (κ1) is 20.0. The zero-order valence-electron chi connectivity index (χ0n) is 17.6. The molecule has 1 atom stereocenters. The van der Waals surface area contributed by atoms with Gasteiger partial charge in [-0.05, 0) is 55.4 Å². The average Bonchev–Trinajstić information content (AvgIpc) is 2.74. The minimum Gasteiger partial charge on any atom is -0.322 e. The van der Waals surface area contributed by atoms with Crippen LogP contribution in [0.5, 0.6) is 0 Å². The molecule has 30 heavy (non-hydrogen) atoms. The highest BCUT2D eigenvalue weighted by Crippen LogP contribution is 2.26. The van der Waals surface area contributed by atoms with E-state index in [1.807, 2.05) is 16.7 Å². The van der Waals surface area contributed by atoms with Crippen LogP contribution in [0.25, 0.3) is 22.6 Å². The van der Waals surface area contributed by atoms with E-state index in [4.69, 9.17) is 0 Å². The highest BCUT2D eigenvalue weighted by molar-refractivity contribution is 5.80. The van der Waals surface area contributed by atoms with Gasteiger partial charge in [0.2, 0.25) is 0 Å². The monoisotopic (exact) mass is 402 g/mol. The van der Waals surface area contributed by atoms with Gasteiger partial charge >= 0.3 is 5.69 Å². The molecule has 4 rings (SSSR count). The van der Waals surface area contributed by atoms with Crippen LogP contribution in [0.15, 0.2) is 52.1 Å². The Morgan fingerprint density at radius 1 is 1.07 bits per heavy atom. The fraction of sp³-hybridized carbons (Fsp3) is 0.333. The van der Waals surface area contributed by atoms with E-state index < -0.39 is 11.2 Å². The van der Waals surface area contributed by atoms with Crippen molar-refractivity contribution in [3.05, 3.63) is 80.0 Å². The largest absolute Gasteiger partial charge is 0.349 e. The molecule has 2 aliphatic heterocycles. The molecule has 6 heteroatoms. The Bertz CT molecular complexity index is 1270. The fourth-order valence-corrected chi connectivity index (χ4v) is 3.78. The highest BCUT2D eigenvalue weighted by Gasteiger charge is 2.19. The second-order valence-corrected chi connectivity index (χ2v) is 7.95. The molecular formula is C24H26N4O2. The molecule has 0 aromatic heterocycles. The second kappa shape index (κ2) is 8.22. The third-order valence-corrected chi connectivity index (χ3v) is 5.78. The van der Waals surface area contributed by atoms with Crippen LogP contribution < -0.4 is 11.2 Å². The third kappa shape index (κ3) is 3.90. The van der Waals surface area contributed by atoms with E-state index in [0.29, 0.717) is 18.3 Å². The molecule has 2 aliphatic rings. The maximum absolute atomic E-state index is 12.4. The van der Waals surface area contributed by atoms with Gasteiger partial charge in [0.05, 0.1) is 11.0 Å². The first-order valence-electron chi connectivity index (χ1n) is 10.5. The van der Waals surface area contributed by atoms with Crippen molar-refractivity contribution in [2.45, 2.75) is 52.5 Å². The lowest BCUT2D eigenvalue weighted by Crippen LogP contribution is -2.29. The van der Waals surface area contributed by atoms with Gasteiger partial charge in [-0.3, -0.25) is 9.78 Å². The number of hydrogen-bond acceptors (Lipinski definition) is 4. The van der Waals surface area contributed by atoms with Crippen molar-refractivity contribution in [3.8, 4) is 11.5 Å². The lowest BCUT2D eigenvalue weighted by atomic mass is 9.98. The molecular weight excluding hydrogens is 376 g/mol. The van der Waals surface area contributed by atoms with Crippen molar-refractivity contribution in [1.82, 2.24) is 19.5 Å². The molecule has 6 nitrogen and oxygen atoms in total. The number of rotatable bonds is 6. The van der Waals surface area contributed by atoms with Gasteiger partial charge in [0.15, 0.2) is 11.5 Å². The number of nitrogens with one attached hydrogen (secondary N) is 1. The molecule has 2 aromatic rings. The molecule has 1 N–H and O–H groups in total. The lowest BCUT2D eigenvalue weighted by Gasteiger charge is -2.18. The lowest BCUT2D eigenvalue weighted by molar-refractivity contribution is 0.648. The Balaban J connectivity index is 1.78. The van der Waals surface area contributed by atoms with Gasteiger partial charge in [-0.1, -0.05) is 49.7 Å².